The van der Waals surface area contributed by atoms with E-state index in [1.165, 1.54) is 24.3 Å². The Kier molecular flexibility index (Phi) is 11.7. The highest BCUT2D eigenvalue weighted by Gasteiger charge is 2.34. The highest BCUT2D eigenvalue weighted by atomic mass is 32.2. The molecule has 0 N–H and O–H groups in total. The van der Waals surface area contributed by atoms with E-state index in [-0.39, 0.29) is 18.8 Å². The lowest BCUT2D eigenvalue weighted by atomic mass is 10.2. The summed E-state index contributed by atoms with van der Waals surface area (Å²) in [6, 6.07) is 15.1. The van der Waals surface area contributed by atoms with E-state index in [0.717, 1.165) is 35.6 Å². The summed E-state index contributed by atoms with van der Waals surface area (Å²) in [5.41, 5.74) is 1.05. The molecule has 0 aliphatic heterocycles. The summed E-state index contributed by atoms with van der Waals surface area (Å²) in [4.78, 5) is 10.6. The topological polar surface area (TPSA) is 111 Å². The van der Waals surface area contributed by atoms with Gasteiger partial charge in [0, 0.05) is 19.0 Å². The average molecular weight is 562 g/mol. The van der Waals surface area contributed by atoms with Crippen molar-refractivity contribution >= 4 is 27.6 Å². The zero-order valence-electron chi connectivity index (χ0n) is 22.8. The number of para-hydroxylation sites is 1. The third-order valence-electron chi connectivity index (χ3n) is 6.13. The quantitative estimate of drug-likeness (QED) is 0.0719. The third kappa shape index (κ3) is 8.13. The van der Waals surface area contributed by atoms with E-state index in [4.69, 9.17) is 0 Å². The zero-order valence-corrected chi connectivity index (χ0v) is 23.6. The Morgan fingerprint density at radius 1 is 1.07 bits per heavy atom. The van der Waals surface area contributed by atoms with Gasteiger partial charge in [-0.3, -0.25) is 10.1 Å². The minimum atomic E-state index is -4.35. The molecular formula is C30H35N5O4S. The lowest BCUT2D eigenvalue weighted by Gasteiger charge is -2.22. The number of nitro benzene ring substituents is 1. The van der Waals surface area contributed by atoms with Gasteiger partial charge in [0.2, 0.25) is 0 Å². The molecule has 2 aromatic carbocycles. The minimum Gasteiger partial charge on any atom is -0.258 e. The van der Waals surface area contributed by atoms with Crippen molar-refractivity contribution < 1.29 is 13.3 Å². The van der Waals surface area contributed by atoms with Gasteiger partial charge < -0.3 is 0 Å². The molecule has 1 aromatic heterocycles. The number of sulfonamides is 1. The Balaban J connectivity index is 2.04. The Morgan fingerprint density at radius 2 is 1.82 bits per heavy atom. The highest BCUT2D eigenvalue weighted by molar-refractivity contribution is 7.93. The number of hydrogen-bond donors (Lipinski definition) is 0. The molecule has 3 aromatic rings. The number of nitrogens with zero attached hydrogens (tertiary/aromatic N) is 5. The molecule has 1 heterocycles. The van der Waals surface area contributed by atoms with Crippen molar-refractivity contribution in [2.75, 3.05) is 10.8 Å². The second-order valence-corrected chi connectivity index (χ2v) is 10.9. The van der Waals surface area contributed by atoms with Crippen LogP contribution in [0.15, 0.2) is 78.2 Å². The third-order valence-corrected chi connectivity index (χ3v) is 7.96. The van der Waals surface area contributed by atoms with E-state index >= 15 is 0 Å². The van der Waals surface area contributed by atoms with Crippen LogP contribution in [-0.2, 0) is 23.0 Å². The van der Waals surface area contributed by atoms with Crippen LogP contribution in [0.5, 0.6) is 0 Å². The zero-order chi connectivity index (χ0) is 28.8. The van der Waals surface area contributed by atoms with E-state index in [0.29, 0.717) is 25.1 Å². The van der Waals surface area contributed by atoms with Crippen LogP contribution >= 0.6 is 0 Å². The molecule has 0 spiro atoms. The van der Waals surface area contributed by atoms with Crippen LogP contribution in [0.3, 0.4) is 0 Å². The Morgan fingerprint density at radius 3 is 2.55 bits per heavy atom. The number of benzene rings is 2. The van der Waals surface area contributed by atoms with E-state index < -0.39 is 25.5 Å². The fraction of sp³-hybridized carbons (Fsp3) is 0.333. The van der Waals surface area contributed by atoms with Crippen LogP contribution in [0.2, 0.25) is 0 Å². The molecule has 0 unspecified atom stereocenters. The predicted molar refractivity (Wildman–Crippen MR) is 158 cm³/mol. The first-order chi connectivity index (χ1) is 19.4. The fourth-order valence-corrected chi connectivity index (χ4v) is 5.68. The number of unbranched alkanes of at least 4 members (excludes halogenated alkanes) is 4. The van der Waals surface area contributed by atoms with Crippen molar-refractivity contribution in [2.45, 2.75) is 63.3 Å². The highest BCUT2D eigenvalue weighted by Crippen LogP contribution is 2.31. The maximum absolute atomic E-state index is 13.9. The van der Waals surface area contributed by atoms with Crippen molar-refractivity contribution in [3.63, 3.8) is 0 Å². The first kappa shape index (κ1) is 30.3. The number of nitro groups is 1. The van der Waals surface area contributed by atoms with E-state index in [1.54, 1.807) is 10.8 Å². The summed E-state index contributed by atoms with van der Waals surface area (Å²) in [6.07, 6.45) is 10.7. The molecule has 0 aliphatic carbocycles. The summed E-state index contributed by atoms with van der Waals surface area (Å²) in [5, 5.41) is 20.2. The number of rotatable bonds is 15. The van der Waals surface area contributed by atoms with Crippen molar-refractivity contribution in [1.82, 2.24) is 15.0 Å². The van der Waals surface area contributed by atoms with Gasteiger partial charge in [-0.15, -0.1) is 17.6 Å². The SMILES string of the molecule is C=CCCCN(c1nnn(C/C=C/c2ccccc2)c1CC#CCCCCC)S(=O)(=O)c1ccccc1[N+](=O)[O-]. The van der Waals surface area contributed by atoms with Crippen molar-refractivity contribution in [3.05, 3.63) is 94.7 Å². The lowest BCUT2D eigenvalue weighted by Crippen LogP contribution is -2.33. The van der Waals surface area contributed by atoms with E-state index in [9.17, 15) is 18.5 Å². The van der Waals surface area contributed by atoms with Gasteiger partial charge in [-0.05, 0) is 30.9 Å². The second kappa shape index (κ2) is 15.4. The van der Waals surface area contributed by atoms with Crippen LogP contribution in [-0.4, -0.2) is 34.9 Å². The van der Waals surface area contributed by atoms with Gasteiger partial charge in [0.25, 0.3) is 15.7 Å². The molecule has 0 fully saturated rings. The molecule has 0 saturated carbocycles. The molecular weight excluding hydrogens is 526 g/mol. The Hall–Kier alpha value is -4.23. The van der Waals surface area contributed by atoms with Gasteiger partial charge >= 0.3 is 0 Å². The molecule has 0 bridgehead atoms. The molecule has 3 rings (SSSR count). The lowest BCUT2D eigenvalue weighted by molar-refractivity contribution is -0.387. The first-order valence-corrected chi connectivity index (χ1v) is 14.8. The summed E-state index contributed by atoms with van der Waals surface area (Å²) in [5.74, 6) is 6.45. The van der Waals surface area contributed by atoms with E-state index in [1.807, 2.05) is 42.5 Å². The number of aromatic nitrogens is 3. The van der Waals surface area contributed by atoms with Gasteiger partial charge in [0.15, 0.2) is 10.7 Å². The predicted octanol–water partition coefficient (Wildman–Crippen LogP) is 6.19. The first-order valence-electron chi connectivity index (χ1n) is 13.4. The van der Waals surface area contributed by atoms with Gasteiger partial charge in [-0.25, -0.2) is 17.4 Å². The van der Waals surface area contributed by atoms with Gasteiger partial charge in [-0.2, -0.15) is 0 Å². The normalized spacial score (nSPS) is 11.2. The fourth-order valence-electron chi connectivity index (χ4n) is 4.05. The molecule has 10 heteroatoms. The van der Waals surface area contributed by atoms with Crippen LogP contribution in [0, 0.1) is 22.0 Å². The average Bonchev–Trinajstić information content (AvgIpc) is 3.35. The van der Waals surface area contributed by atoms with Crippen molar-refractivity contribution in [2.24, 2.45) is 0 Å². The minimum absolute atomic E-state index is 0.0515. The number of hydrogen-bond acceptors (Lipinski definition) is 6. The van der Waals surface area contributed by atoms with Crippen LogP contribution in [0.25, 0.3) is 6.08 Å². The largest absolute Gasteiger partial charge is 0.289 e. The van der Waals surface area contributed by atoms with Gasteiger partial charge in [-0.1, -0.05) is 91.6 Å². The summed E-state index contributed by atoms with van der Waals surface area (Å²) in [6.45, 7) is 6.25. The maximum atomic E-state index is 13.9. The van der Waals surface area contributed by atoms with Gasteiger partial charge in [0.1, 0.15) is 0 Å². The van der Waals surface area contributed by atoms with E-state index in [2.05, 4.69) is 35.7 Å². The van der Waals surface area contributed by atoms with Crippen molar-refractivity contribution in [1.29, 1.82) is 0 Å². The molecule has 9 nitrogen and oxygen atoms in total. The van der Waals surface area contributed by atoms with Crippen LogP contribution < -0.4 is 4.31 Å². The number of anilines is 1. The van der Waals surface area contributed by atoms with Crippen LogP contribution in [0.4, 0.5) is 11.5 Å². The summed E-state index contributed by atoms with van der Waals surface area (Å²) in [7, 11) is -4.35. The standard InChI is InChI=1S/C30H35N5O4S/c1-3-5-7-8-9-13-22-28-30(31-32-33(28)24-17-20-26-18-11-10-12-19-26)34(25-16-6-4-2)40(38,39)29-23-15-14-21-27(29)35(36)37/h4,10-12,14-15,17-21,23H,2-3,5-8,16,22,24-25H2,1H3/b20-17+. The second-order valence-electron chi connectivity index (χ2n) is 9.08. The van der Waals surface area contributed by atoms with Crippen LogP contribution in [0.1, 0.15) is 56.7 Å². The summed E-state index contributed by atoms with van der Waals surface area (Å²) < 4.78 is 30.6. The maximum Gasteiger partial charge on any atom is 0.289 e. The molecule has 210 valence electrons. The molecule has 0 saturated heterocycles. The summed E-state index contributed by atoms with van der Waals surface area (Å²) >= 11 is 0. The Labute approximate surface area is 236 Å². The monoisotopic (exact) mass is 561 g/mol. The Bertz CT molecular complexity index is 1470. The molecule has 40 heavy (non-hydrogen) atoms. The number of allylic oxidation sites excluding steroid dienone is 2. The molecule has 0 atom stereocenters. The van der Waals surface area contributed by atoms with Gasteiger partial charge in [0.05, 0.1) is 23.6 Å². The van der Waals surface area contributed by atoms with Crippen molar-refractivity contribution in [3.8, 4) is 11.8 Å². The molecule has 0 aliphatic rings. The molecule has 0 amide bonds. The smallest absolute Gasteiger partial charge is 0.258 e. The molecule has 0 radical (unpaired) electrons.